The number of hydrogen-bond donors (Lipinski definition) is 2. The molecule has 0 aromatic carbocycles. The fourth-order valence-electron chi connectivity index (χ4n) is 2.30. The summed E-state index contributed by atoms with van der Waals surface area (Å²) in [6.07, 6.45) is 4.02. The molecule has 0 aliphatic rings. The van der Waals surface area contributed by atoms with Crippen LogP contribution in [0.5, 0.6) is 0 Å². The van der Waals surface area contributed by atoms with E-state index in [-0.39, 0.29) is 12.5 Å². The zero-order valence-electron chi connectivity index (χ0n) is 10.1. The molecule has 0 aromatic heterocycles. The van der Waals surface area contributed by atoms with Crippen molar-refractivity contribution >= 4 is 5.97 Å². The minimum absolute atomic E-state index is 0.0199. The Hall–Kier alpha value is -0.570. The van der Waals surface area contributed by atoms with Crippen molar-refractivity contribution in [2.45, 2.75) is 52.9 Å². The van der Waals surface area contributed by atoms with Gasteiger partial charge in [-0.05, 0) is 25.2 Å². The van der Waals surface area contributed by atoms with Gasteiger partial charge < -0.3 is 10.2 Å². The number of rotatable bonds is 8. The Balaban J connectivity index is 4.75. The first-order valence-electron chi connectivity index (χ1n) is 5.93. The van der Waals surface area contributed by atoms with Crippen LogP contribution in [0.3, 0.4) is 0 Å². The topological polar surface area (TPSA) is 57.5 Å². The first-order chi connectivity index (χ1) is 7.08. The lowest BCUT2D eigenvalue weighted by Crippen LogP contribution is -2.39. The molecule has 0 amide bonds. The van der Waals surface area contributed by atoms with Gasteiger partial charge in [0, 0.05) is 6.61 Å². The Labute approximate surface area is 92.5 Å². The van der Waals surface area contributed by atoms with Crippen molar-refractivity contribution in [2.75, 3.05) is 6.61 Å². The summed E-state index contributed by atoms with van der Waals surface area (Å²) in [7, 11) is 0. The van der Waals surface area contributed by atoms with Crippen molar-refractivity contribution < 1.29 is 15.0 Å². The summed E-state index contributed by atoms with van der Waals surface area (Å²) >= 11 is 0. The first kappa shape index (κ1) is 14.4. The molecule has 0 aromatic rings. The summed E-state index contributed by atoms with van der Waals surface area (Å²) < 4.78 is 0. The average Bonchev–Trinajstić information content (AvgIpc) is 2.24. The number of unbranched alkanes of at least 4 members (excludes halogenated alkanes) is 1. The molecular formula is C12H24O3. The van der Waals surface area contributed by atoms with Crippen molar-refractivity contribution in [3.8, 4) is 0 Å². The second-order valence-electron chi connectivity index (χ2n) is 4.19. The lowest BCUT2D eigenvalue weighted by molar-refractivity contribution is -0.155. The van der Waals surface area contributed by atoms with Gasteiger partial charge >= 0.3 is 5.97 Å². The Bertz CT molecular complexity index is 185. The minimum Gasteiger partial charge on any atom is -0.481 e. The maximum Gasteiger partial charge on any atom is 0.309 e. The van der Waals surface area contributed by atoms with Crippen molar-refractivity contribution in [2.24, 2.45) is 11.3 Å². The Morgan fingerprint density at radius 2 is 1.80 bits per heavy atom. The van der Waals surface area contributed by atoms with Gasteiger partial charge in [-0.2, -0.15) is 0 Å². The number of aliphatic hydroxyl groups is 1. The molecule has 90 valence electrons. The predicted molar refractivity (Wildman–Crippen MR) is 60.8 cm³/mol. The van der Waals surface area contributed by atoms with E-state index in [1.54, 1.807) is 0 Å². The van der Waals surface area contributed by atoms with Gasteiger partial charge in [-0.25, -0.2) is 0 Å². The van der Waals surface area contributed by atoms with E-state index < -0.39 is 11.4 Å². The highest BCUT2D eigenvalue weighted by atomic mass is 16.4. The lowest BCUT2D eigenvalue weighted by Gasteiger charge is -2.34. The summed E-state index contributed by atoms with van der Waals surface area (Å²) in [4.78, 5) is 11.3. The van der Waals surface area contributed by atoms with Crippen LogP contribution in [-0.2, 0) is 4.79 Å². The third-order valence-corrected chi connectivity index (χ3v) is 3.60. The Morgan fingerprint density at radius 3 is 2.07 bits per heavy atom. The summed E-state index contributed by atoms with van der Waals surface area (Å²) in [6, 6.07) is 0. The van der Waals surface area contributed by atoms with Crippen molar-refractivity contribution in [1.82, 2.24) is 0 Å². The number of carboxylic acids is 1. The van der Waals surface area contributed by atoms with Crippen LogP contribution in [0.1, 0.15) is 52.9 Å². The molecule has 2 N–H and O–H groups in total. The molecule has 0 aliphatic heterocycles. The third-order valence-electron chi connectivity index (χ3n) is 3.60. The summed E-state index contributed by atoms with van der Waals surface area (Å²) in [6.45, 7) is 5.85. The number of aliphatic carboxylic acids is 1. The average molecular weight is 216 g/mol. The second-order valence-corrected chi connectivity index (χ2v) is 4.19. The van der Waals surface area contributed by atoms with E-state index in [9.17, 15) is 15.0 Å². The molecule has 1 atom stereocenters. The van der Waals surface area contributed by atoms with Crippen LogP contribution in [-0.4, -0.2) is 22.8 Å². The van der Waals surface area contributed by atoms with Crippen molar-refractivity contribution in [3.63, 3.8) is 0 Å². The molecule has 0 saturated carbocycles. The Kier molecular flexibility index (Phi) is 6.57. The maximum atomic E-state index is 11.3. The van der Waals surface area contributed by atoms with Gasteiger partial charge in [0.15, 0.2) is 0 Å². The molecule has 3 heteroatoms. The monoisotopic (exact) mass is 216 g/mol. The van der Waals surface area contributed by atoms with Gasteiger partial charge in [0.25, 0.3) is 0 Å². The zero-order valence-corrected chi connectivity index (χ0v) is 10.1. The molecule has 0 heterocycles. The number of carboxylic acid groups (broad SMARTS) is 1. The summed E-state index contributed by atoms with van der Waals surface area (Å²) in [5.74, 6) is -0.868. The molecule has 0 bridgehead atoms. The van der Waals surface area contributed by atoms with Crippen LogP contribution < -0.4 is 0 Å². The predicted octanol–water partition coefficient (Wildman–Crippen LogP) is 2.68. The SMILES string of the molecule is CCCCC(CO)C(CC)(CC)C(=O)O. The van der Waals surface area contributed by atoms with E-state index in [1.807, 2.05) is 13.8 Å². The van der Waals surface area contributed by atoms with Gasteiger partial charge in [-0.3, -0.25) is 4.79 Å². The molecular weight excluding hydrogens is 192 g/mol. The minimum atomic E-state index is -0.761. The van der Waals surface area contributed by atoms with Crippen LogP contribution in [0, 0.1) is 11.3 Å². The number of hydrogen-bond acceptors (Lipinski definition) is 2. The number of aliphatic hydroxyl groups excluding tert-OH is 1. The van der Waals surface area contributed by atoms with E-state index in [2.05, 4.69) is 6.92 Å². The molecule has 0 radical (unpaired) electrons. The third kappa shape index (κ3) is 3.20. The lowest BCUT2D eigenvalue weighted by atomic mass is 9.69. The zero-order chi connectivity index (χ0) is 11.9. The molecule has 0 saturated heterocycles. The highest BCUT2D eigenvalue weighted by Crippen LogP contribution is 2.38. The summed E-state index contributed by atoms with van der Waals surface area (Å²) in [5.41, 5.74) is -0.732. The van der Waals surface area contributed by atoms with Gasteiger partial charge in [-0.1, -0.05) is 33.6 Å². The van der Waals surface area contributed by atoms with Crippen LogP contribution in [0.4, 0.5) is 0 Å². The van der Waals surface area contributed by atoms with Gasteiger partial charge in [0.1, 0.15) is 0 Å². The highest BCUT2D eigenvalue weighted by molar-refractivity contribution is 5.75. The van der Waals surface area contributed by atoms with Crippen LogP contribution >= 0.6 is 0 Å². The van der Waals surface area contributed by atoms with Gasteiger partial charge in [0.05, 0.1) is 5.41 Å². The smallest absolute Gasteiger partial charge is 0.309 e. The van der Waals surface area contributed by atoms with Crippen LogP contribution in [0.15, 0.2) is 0 Å². The molecule has 0 aliphatic carbocycles. The van der Waals surface area contributed by atoms with E-state index in [0.29, 0.717) is 12.8 Å². The fraction of sp³-hybridized carbons (Fsp3) is 0.917. The van der Waals surface area contributed by atoms with Gasteiger partial charge in [0.2, 0.25) is 0 Å². The molecule has 3 nitrogen and oxygen atoms in total. The fourth-order valence-corrected chi connectivity index (χ4v) is 2.30. The molecule has 0 spiro atoms. The second kappa shape index (κ2) is 6.83. The molecule has 1 unspecified atom stereocenters. The first-order valence-corrected chi connectivity index (χ1v) is 5.93. The molecule has 15 heavy (non-hydrogen) atoms. The largest absolute Gasteiger partial charge is 0.481 e. The molecule has 0 fully saturated rings. The number of carbonyl (C=O) groups is 1. The highest BCUT2D eigenvalue weighted by Gasteiger charge is 2.41. The normalized spacial score (nSPS) is 13.9. The quantitative estimate of drug-likeness (QED) is 0.656. The van der Waals surface area contributed by atoms with E-state index in [1.165, 1.54) is 0 Å². The van der Waals surface area contributed by atoms with Crippen molar-refractivity contribution in [1.29, 1.82) is 0 Å². The van der Waals surface area contributed by atoms with Gasteiger partial charge in [-0.15, -0.1) is 0 Å². The standard InChI is InChI=1S/C12H24O3/c1-4-7-8-10(9-13)12(5-2,6-3)11(14)15/h10,13H,4-9H2,1-3H3,(H,14,15). The molecule has 0 rings (SSSR count). The van der Waals surface area contributed by atoms with Crippen molar-refractivity contribution in [3.05, 3.63) is 0 Å². The summed E-state index contributed by atoms with van der Waals surface area (Å²) in [5, 5.41) is 18.6. The van der Waals surface area contributed by atoms with E-state index >= 15 is 0 Å². The Morgan fingerprint density at radius 1 is 1.27 bits per heavy atom. The van der Waals surface area contributed by atoms with Crippen LogP contribution in [0.2, 0.25) is 0 Å². The maximum absolute atomic E-state index is 11.3. The van der Waals surface area contributed by atoms with E-state index in [0.717, 1.165) is 19.3 Å². The van der Waals surface area contributed by atoms with Crippen LogP contribution in [0.25, 0.3) is 0 Å². The van der Waals surface area contributed by atoms with E-state index in [4.69, 9.17) is 0 Å².